The third kappa shape index (κ3) is 3.03. The van der Waals surface area contributed by atoms with Crippen molar-refractivity contribution in [1.29, 1.82) is 0 Å². The molecule has 2 rings (SSSR count). The summed E-state index contributed by atoms with van der Waals surface area (Å²) in [6.07, 6.45) is 5.54. The number of rotatable bonds is 1. The van der Waals surface area contributed by atoms with Crippen molar-refractivity contribution < 1.29 is 0 Å². The number of hydrogen-bond acceptors (Lipinski definition) is 3. The molecule has 0 aliphatic carbocycles. The molecule has 0 bridgehead atoms. The van der Waals surface area contributed by atoms with E-state index in [-0.39, 0.29) is 10.8 Å². The van der Waals surface area contributed by atoms with Gasteiger partial charge in [0.2, 0.25) is 0 Å². The summed E-state index contributed by atoms with van der Waals surface area (Å²) >= 11 is 0. The van der Waals surface area contributed by atoms with E-state index in [1.165, 1.54) is 11.1 Å². The molecule has 0 aromatic heterocycles. The van der Waals surface area contributed by atoms with Crippen LogP contribution in [0.25, 0.3) is 0 Å². The lowest BCUT2D eigenvalue weighted by atomic mass is 9.75. The Morgan fingerprint density at radius 1 is 0.950 bits per heavy atom. The first kappa shape index (κ1) is 14.6. The van der Waals surface area contributed by atoms with E-state index in [4.69, 9.17) is 0 Å². The van der Waals surface area contributed by atoms with E-state index >= 15 is 0 Å². The number of benzene rings is 1. The quantitative estimate of drug-likeness (QED) is 0.832. The maximum Gasteiger partial charge on any atom is 0.0836 e. The van der Waals surface area contributed by atoms with E-state index in [9.17, 15) is 0 Å². The molecule has 0 amide bonds. The van der Waals surface area contributed by atoms with E-state index in [2.05, 4.69) is 70.3 Å². The summed E-state index contributed by atoms with van der Waals surface area (Å²) < 4.78 is 0. The Hall–Kier alpha value is -1.77. The molecule has 0 saturated carbocycles. The Kier molecular flexibility index (Phi) is 3.63. The van der Waals surface area contributed by atoms with Gasteiger partial charge in [0.25, 0.3) is 0 Å². The fourth-order valence-electron chi connectivity index (χ4n) is 2.37. The van der Waals surface area contributed by atoms with Gasteiger partial charge in [0.1, 0.15) is 0 Å². The zero-order chi connectivity index (χ0) is 15.0. The number of hydrazine groups is 1. The maximum absolute atomic E-state index is 4.33. The van der Waals surface area contributed by atoms with Gasteiger partial charge in [-0.1, -0.05) is 47.6 Å². The number of hydrogen-bond donors (Lipinski definition) is 1. The number of nitrogens with one attached hydrogen (secondary N) is 1. The molecule has 0 spiro atoms. The molecule has 108 valence electrons. The number of anilines is 1. The van der Waals surface area contributed by atoms with E-state index in [0.29, 0.717) is 0 Å². The number of allylic oxidation sites excluding steroid dienone is 1. The summed E-state index contributed by atoms with van der Waals surface area (Å²) in [7, 11) is 0. The Labute approximate surface area is 122 Å². The maximum atomic E-state index is 4.33. The normalized spacial score (nSPS) is 15.4. The van der Waals surface area contributed by atoms with Crippen LogP contribution in [-0.4, -0.2) is 6.21 Å². The van der Waals surface area contributed by atoms with Crippen LogP contribution in [0.3, 0.4) is 0 Å². The minimum atomic E-state index is 0.105. The largest absolute Gasteiger partial charge is 0.285 e. The molecule has 1 aliphatic rings. The molecule has 1 N–H and O–H groups in total. The van der Waals surface area contributed by atoms with E-state index < -0.39 is 0 Å². The highest BCUT2D eigenvalue weighted by molar-refractivity contribution is 5.73. The summed E-state index contributed by atoms with van der Waals surface area (Å²) in [6.45, 7) is 13.6. The molecule has 1 aromatic rings. The van der Waals surface area contributed by atoms with Crippen molar-refractivity contribution >= 4 is 11.9 Å². The average molecular weight is 271 g/mol. The van der Waals surface area contributed by atoms with E-state index in [0.717, 1.165) is 5.69 Å². The summed E-state index contributed by atoms with van der Waals surface area (Å²) in [4.78, 5) is 0. The van der Waals surface area contributed by atoms with Crippen LogP contribution in [0.2, 0.25) is 0 Å². The van der Waals surface area contributed by atoms with Gasteiger partial charge in [0.05, 0.1) is 11.9 Å². The molecular weight excluding hydrogens is 246 g/mol. The van der Waals surface area contributed by atoms with Crippen molar-refractivity contribution in [3.63, 3.8) is 0 Å². The van der Waals surface area contributed by atoms with Crippen LogP contribution in [-0.2, 0) is 10.8 Å². The zero-order valence-corrected chi connectivity index (χ0v) is 13.4. The second-order valence-electron chi connectivity index (χ2n) is 7.29. The molecule has 3 heteroatoms. The summed E-state index contributed by atoms with van der Waals surface area (Å²) in [6, 6.07) is 6.59. The van der Waals surface area contributed by atoms with Gasteiger partial charge in [-0.05, 0) is 40.2 Å². The lowest BCUT2D eigenvalue weighted by Gasteiger charge is -2.32. The van der Waals surface area contributed by atoms with Crippen LogP contribution in [0.4, 0.5) is 5.69 Å². The predicted octanol–water partition coefficient (Wildman–Crippen LogP) is 4.11. The van der Waals surface area contributed by atoms with Crippen LogP contribution in [0.1, 0.15) is 52.7 Å². The zero-order valence-electron chi connectivity index (χ0n) is 13.4. The summed E-state index contributed by atoms with van der Waals surface area (Å²) in [5, 5.41) is 6.12. The first-order valence-corrected chi connectivity index (χ1v) is 7.10. The Morgan fingerprint density at radius 3 is 2.10 bits per heavy atom. The average Bonchev–Trinajstić information content (AvgIpc) is 2.37. The highest BCUT2D eigenvalue weighted by Gasteiger charge is 2.26. The number of nitrogens with zero attached hydrogens (tertiary/aromatic N) is 2. The molecule has 3 nitrogen and oxygen atoms in total. The lowest BCUT2D eigenvalue weighted by molar-refractivity contribution is 0.530. The standard InChI is InChI=1S/C17H25N3/c1-16(2,3)14-9-8-13(12-15(14)17(4,5)6)20-18-10-7-11-19-20/h7-12,18H,1-6H3. The second-order valence-corrected chi connectivity index (χ2v) is 7.29. The van der Waals surface area contributed by atoms with Crippen molar-refractivity contribution in [3.8, 4) is 0 Å². The van der Waals surface area contributed by atoms with Gasteiger partial charge >= 0.3 is 0 Å². The second kappa shape index (κ2) is 4.97. The van der Waals surface area contributed by atoms with Crippen molar-refractivity contribution in [1.82, 2.24) is 5.43 Å². The first-order chi connectivity index (χ1) is 9.19. The minimum Gasteiger partial charge on any atom is -0.285 e. The van der Waals surface area contributed by atoms with E-state index in [1.54, 1.807) is 11.3 Å². The Bertz CT molecular complexity index is 542. The van der Waals surface area contributed by atoms with Gasteiger partial charge in [-0.3, -0.25) is 5.43 Å². The lowest BCUT2D eigenvalue weighted by Crippen LogP contribution is -2.31. The number of hydrazone groups is 1. The van der Waals surface area contributed by atoms with Gasteiger partial charge in [-0.2, -0.15) is 10.2 Å². The molecule has 1 aromatic carbocycles. The van der Waals surface area contributed by atoms with E-state index in [1.807, 2.05) is 12.3 Å². The van der Waals surface area contributed by atoms with Crippen LogP contribution in [0, 0.1) is 0 Å². The van der Waals surface area contributed by atoms with Crippen molar-refractivity contribution in [2.24, 2.45) is 5.10 Å². The molecule has 1 heterocycles. The smallest absolute Gasteiger partial charge is 0.0836 e. The fourth-order valence-corrected chi connectivity index (χ4v) is 2.37. The topological polar surface area (TPSA) is 27.6 Å². The van der Waals surface area contributed by atoms with Gasteiger partial charge in [0, 0.05) is 6.20 Å². The molecule has 1 aliphatic heterocycles. The van der Waals surface area contributed by atoms with Crippen molar-refractivity contribution in [2.75, 3.05) is 5.12 Å². The molecular formula is C17H25N3. The van der Waals surface area contributed by atoms with Gasteiger partial charge in [-0.15, -0.1) is 0 Å². The van der Waals surface area contributed by atoms with Crippen molar-refractivity contribution in [3.05, 3.63) is 41.6 Å². The van der Waals surface area contributed by atoms with Crippen LogP contribution >= 0.6 is 0 Å². The predicted molar refractivity (Wildman–Crippen MR) is 87.1 cm³/mol. The third-order valence-electron chi connectivity index (χ3n) is 3.42. The van der Waals surface area contributed by atoms with Crippen molar-refractivity contribution in [2.45, 2.75) is 52.4 Å². The minimum absolute atomic E-state index is 0.105. The molecule has 0 radical (unpaired) electrons. The highest BCUT2D eigenvalue weighted by atomic mass is 15.7. The Balaban J connectivity index is 2.49. The molecule has 0 unspecified atom stereocenters. The fraction of sp³-hybridized carbons (Fsp3) is 0.471. The molecule has 0 saturated heterocycles. The molecule has 0 atom stereocenters. The van der Waals surface area contributed by atoms with Crippen LogP contribution < -0.4 is 10.5 Å². The SMILES string of the molecule is CC(C)(C)c1ccc(N2N=CC=CN2)cc1C(C)(C)C. The molecule has 0 fully saturated rings. The third-order valence-corrected chi connectivity index (χ3v) is 3.42. The van der Waals surface area contributed by atoms with Gasteiger partial charge < -0.3 is 0 Å². The highest BCUT2D eigenvalue weighted by Crippen LogP contribution is 2.36. The summed E-state index contributed by atoms with van der Waals surface area (Å²) in [5.74, 6) is 0. The summed E-state index contributed by atoms with van der Waals surface area (Å²) in [5.41, 5.74) is 7.19. The van der Waals surface area contributed by atoms with Gasteiger partial charge in [-0.25, -0.2) is 0 Å². The molecule has 20 heavy (non-hydrogen) atoms. The van der Waals surface area contributed by atoms with Crippen LogP contribution in [0.5, 0.6) is 0 Å². The monoisotopic (exact) mass is 271 g/mol. The van der Waals surface area contributed by atoms with Gasteiger partial charge in [0.15, 0.2) is 0 Å². The van der Waals surface area contributed by atoms with Crippen LogP contribution in [0.15, 0.2) is 35.6 Å². The first-order valence-electron chi connectivity index (χ1n) is 7.10. The Morgan fingerprint density at radius 2 is 1.60 bits per heavy atom.